The maximum Gasteiger partial charge on any atom is 0.161 e. The first kappa shape index (κ1) is 12.8. The monoisotopic (exact) mass is 225 g/mol. The van der Waals surface area contributed by atoms with Gasteiger partial charge in [-0.2, -0.15) is 0 Å². The fourth-order valence-corrected chi connectivity index (χ4v) is 1.30. The van der Waals surface area contributed by atoms with Gasteiger partial charge in [-0.1, -0.05) is 6.07 Å². The van der Waals surface area contributed by atoms with Gasteiger partial charge in [0.05, 0.1) is 13.2 Å². The molecule has 4 nitrogen and oxygen atoms in total. The highest BCUT2D eigenvalue weighted by atomic mass is 16.5. The van der Waals surface area contributed by atoms with E-state index in [9.17, 15) is 0 Å². The normalized spacial score (nSPS) is 14.3. The van der Waals surface area contributed by atoms with Crippen molar-refractivity contribution in [3.8, 4) is 11.5 Å². The fraction of sp³-hybridized carbons (Fsp3) is 0.500. The Morgan fingerprint density at radius 2 is 2.00 bits per heavy atom. The van der Waals surface area contributed by atoms with Crippen molar-refractivity contribution in [3.63, 3.8) is 0 Å². The molecular formula is C12H19NO3. The molecule has 0 saturated carbocycles. The molecule has 0 bridgehead atoms. The molecule has 0 aliphatic carbocycles. The molecule has 0 saturated heterocycles. The Labute approximate surface area is 96.0 Å². The second-order valence-corrected chi connectivity index (χ2v) is 3.86. The lowest BCUT2D eigenvalue weighted by atomic mass is 10.1. The van der Waals surface area contributed by atoms with E-state index in [1.165, 1.54) is 0 Å². The van der Waals surface area contributed by atoms with Crippen LogP contribution in [0.3, 0.4) is 0 Å². The molecule has 90 valence electrons. The van der Waals surface area contributed by atoms with E-state index in [0.29, 0.717) is 11.5 Å². The van der Waals surface area contributed by atoms with Gasteiger partial charge in [-0.3, -0.25) is 0 Å². The van der Waals surface area contributed by atoms with E-state index >= 15 is 0 Å². The number of aliphatic hydroxyl groups excluding tert-OH is 1. The minimum absolute atomic E-state index is 0.0419. The van der Waals surface area contributed by atoms with E-state index < -0.39 is 6.10 Å². The molecule has 1 aromatic rings. The second-order valence-electron chi connectivity index (χ2n) is 3.86. The van der Waals surface area contributed by atoms with Crippen LogP contribution in [0, 0.1) is 0 Å². The Hall–Kier alpha value is -1.26. The molecular weight excluding hydrogens is 206 g/mol. The molecule has 0 heterocycles. The molecule has 1 rings (SSSR count). The third-order valence-electron chi connectivity index (χ3n) is 2.19. The van der Waals surface area contributed by atoms with Gasteiger partial charge < -0.3 is 20.3 Å². The van der Waals surface area contributed by atoms with Gasteiger partial charge in [-0.15, -0.1) is 0 Å². The molecule has 2 atom stereocenters. The quantitative estimate of drug-likeness (QED) is 0.796. The first-order valence-electron chi connectivity index (χ1n) is 5.29. The zero-order valence-corrected chi connectivity index (χ0v) is 9.93. The predicted octanol–water partition coefficient (Wildman–Crippen LogP) is 1.47. The summed E-state index contributed by atoms with van der Waals surface area (Å²) in [7, 11) is 1.58. The second kappa shape index (κ2) is 5.72. The number of hydrogen-bond donors (Lipinski definition) is 2. The molecule has 0 aliphatic rings. The zero-order valence-electron chi connectivity index (χ0n) is 9.93. The lowest BCUT2D eigenvalue weighted by molar-refractivity contribution is 0.120. The van der Waals surface area contributed by atoms with Crippen molar-refractivity contribution in [2.45, 2.75) is 26.0 Å². The molecule has 0 radical (unpaired) electrons. The highest BCUT2D eigenvalue weighted by molar-refractivity contribution is 5.43. The number of nitrogens with two attached hydrogens (primary N) is 1. The molecule has 3 N–H and O–H groups in total. The third kappa shape index (κ3) is 3.40. The van der Waals surface area contributed by atoms with Crippen LogP contribution < -0.4 is 15.2 Å². The van der Waals surface area contributed by atoms with E-state index in [2.05, 4.69) is 0 Å². The Balaban J connectivity index is 2.84. The van der Waals surface area contributed by atoms with Crippen molar-refractivity contribution in [1.29, 1.82) is 0 Å². The number of hydrogen-bond acceptors (Lipinski definition) is 4. The lowest BCUT2D eigenvalue weighted by Gasteiger charge is -2.14. The summed E-state index contributed by atoms with van der Waals surface area (Å²) in [6.45, 7) is 3.82. The van der Waals surface area contributed by atoms with Crippen LogP contribution in [0.15, 0.2) is 18.2 Å². The lowest BCUT2D eigenvalue weighted by Crippen LogP contribution is -2.13. The summed E-state index contributed by atoms with van der Waals surface area (Å²) in [4.78, 5) is 0. The molecule has 2 unspecified atom stereocenters. The standard InChI is InChI=1S/C12H19NO3/c1-8(14)7-16-11-5-4-10(9(2)13)6-12(11)15-3/h4-6,8-9,14H,7,13H2,1-3H3. The topological polar surface area (TPSA) is 64.7 Å². The number of ether oxygens (including phenoxy) is 2. The van der Waals surface area contributed by atoms with Crippen molar-refractivity contribution in [1.82, 2.24) is 0 Å². The van der Waals surface area contributed by atoms with Crippen molar-refractivity contribution < 1.29 is 14.6 Å². The number of benzene rings is 1. The zero-order chi connectivity index (χ0) is 12.1. The maximum atomic E-state index is 9.13. The van der Waals surface area contributed by atoms with Gasteiger partial charge in [0.1, 0.15) is 6.61 Å². The summed E-state index contributed by atoms with van der Waals surface area (Å²) in [6, 6.07) is 5.51. The van der Waals surface area contributed by atoms with E-state index in [-0.39, 0.29) is 12.6 Å². The van der Waals surface area contributed by atoms with Crippen LogP contribution in [-0.2, 0) is 0 Å². The van der Waals surface area contributed by atoms with E-state index in [1.807, 2.05) is 19.1 Å². The first-order valence-corrected chi connectivity index (χ1v) is 5.29. The van der Waals surface area contributed by atoms with Crippen LogP contribution in [0.1, 0.15) is 25.5 Å². The minimum atomic E-state index is -0.502. The van der Waals surface area contributed by atoms with Crippen LogP contribution in [0.25, 0.3) is 0 Å². The van der Waals surface area contributed by atoms with Crippen molar-refractivity contribution in [2.24, 2.45) is 5.73 Å². The van der Waals surface area contributed by atoms with Gasteiger partial charge in [0, 0.05) is 6.04 Å². The summed E-state index contributed by atoms with van der Waals surface area (Å²) in [5.41, 5.74) is 6.76. The number of methoxy groups -OCH3 is 1. The Kier molecular flexibility index (Phi) is 4.58. The summed E-state index contributed by atoms with van der Waals surface area (Å²) in [5, 5.41) is 9.13. The van der Waals surface area contributed by atoms with Gasteiger partial charge in [0.25, 0.3) is 0 Å². The largest absolute Gasteiger partial charge is 0.493 e. The smallest absolute Gasteiger partial charge is 0.161 e. The predicted molar refractivity (Wildman–Crippen MR) is 62.8 cm³/mol. The first-order chi connectivity index (χ1) is 7.54. The SMILES string of the molecule is COc1cc(C(C)N)ccc1OCC(C)O. The molecule has 1 aromatic carbocycles. The maximum absolute atomic E-state index is 9.13. The Morgan fingerprint density at radius 1 is 1.31 bits per heavy atom. The number of rotatable bonds is 5. The highest BCUT2D eigenvalue weighted by Gasteiger charge is 2.08. The third-order valence-corrected chi connectivity index (χ3v) is 2.19. The molecule has 0 spiro atoms. The Morgan fingerprint density at radius 3 is 2.50 bits per heavy atom. The van der Waals surface area contributed by atoms with Crippen LogP contribution >= 0.6 is 0 Å². The van der Waals surface area contributed by atoms with Crippen LogP contribution in [0.2, 0.25) is 0 Å². The van der Waals surface area contributed by atoms with E-state index in [0.717, 1.165) is 5.56 Å². The van der Waals surface area contributed by atoms with Crippen molar-refractivity contribution >= 4 is 0 Å². The average molecular weight is 225 g/mol. The van der Waals surface area contributed by atoms with Gasteiger partial charge in [-0.25, -0.2) is 0 Å². The molecule has 4 heteroatoms. The average Bonchev–Trinajstić information content (AvgIpc) is 2.25. The number of aliphatic hydroxyl groups is 1. The molecule has 0 aliphatic heterocycles. The van der Waals surface area contributed by atoms with E-state index in [4.69, 9.17) is 20.3 Å². The summed E-state index contributed by atoms with van der Waals surface area (Å²) in [5.74, 6) is 1.25. The van der Waals surface area contributed by atoms with Crippen molar-refractivity contribution in [2.75, 3.05) is 13.7 Å². The molecule has 0 amide bonds. The van der Waals surface area contributed by atoms with Crippen LogP contribution in [0.5, 0.6) is 11.5 Å². The summed E-state index contributed by atoms with van der Waals surface area (Å²) >= 11 is 0. The molecule has 0 fully saturated rings. The summed E-state index contributed by atoms with van der Waals surface area (Å²) in [6.07, 6.45) is -0.502. The van der Waals surface area contributed by atoms with Crippen LogP contribution in [0.4, 0.5) is 0 Å². The Bertz CT molecular complexity index is 337. The van der Waals surface area contributed by atoms with Gasteiger partial charge in [0.15, 0.2) is 11.5 Å². The van der Waals surface area contributed by atoms with Gasteiger partial charge in [0.2, 0.25) is 0 Å². The van der Waals surface area contributed by atoms with Crippen LogP contribution in [-0.4, -0.2) is 24.9 Å². The van der Waals surface area contributed by atoms with E-state index in [1.54, 1.807) is 20.1 Å². The van der Waals surface area contributed by atoms with Crippen molar-refractivity contribution in [3.05, 3.63) is 23.8 Å². The molecule has 0 aromatic heterocycles. The highest BCUT2D eigenvalue weighted by Crippen LogP contribution is 2.29. The van der Waals surface area contributed by atoms with Gasteiger partial charge in [-0.05, 0) is 31.5 Å². The fourth-order valence-electron chi connectivity index (χ4n) is 1.30. The summed E-state index contributed by atoms with van der Waals surface area (Å²) < 4.78 is 10.6. The van der Waals surface area contributed by atoms with Gasteiger partial charge >= 0.3 is 0 Å². The molecule has 16 heavy (non-hydrogen) atoms. The minimum Gasteiger partial charge on any atom is -0.493 e.